The van der Waals surface area contributed by atoms with E-state index in [1.165, 1.54) is 0 Å². The van der Waals surface area contributed by atoms with Gasteiger partial charge in [-0.25, -0.2) is 4.79 Å². The van der Waals surface area contributed by atoms with Gasteiger partial charge >= 0.3 is 5.97 Å². The maximum absolute atomic E-state index is 11.5. The van der Waals surface area contributed by atoms with Crippen LogP contribution >= 0.6 is 0 Å². The first-order valence-corrected chi connectivity index (χ1v) is 6.17. The highest BCUT2D eigenvalue weighted by atomic mass is 16.6. The van der Waals surface area contributed by atoms with Crippen LogP contribution in [0.1, 0.15) is 33.6 Å². The molecule has 0 amide bonds. The predicted octanol–water partition coefficient (Wildman–Crippen LogP) is 3.07. The maximum Gasteiger partial charge on any atom is 0.338 e. The van der Waals surface area contributed by atoms with Gasteiger partial charge < -0.3 is 14.2 Å². The molecule has 0 N–H and O–H groups in total. The Hall–Kier alpha value is -1.71. The van der Waals surface area contributed by atoms with E-state index in [0.29, 0.717) is 30.3 Å². The first kappa shape index (κ1) is 14.4. The molecule has 1 rings (SSSR count). The zero-order valence-corrected chi connectivity index (χ0v) is 11.2. The van der Waals surface area contributed by atoms with Gasteiger partial charge in [0.15, 0.2) is 11.5 Å². The summed E-state index contributed by atoms with van der Waals surface area (Å²) in [6.07, 6.45) is 3.37. The number of allylic oxidation sites excluding steroid dienone is 2. The van der Waals surface area contributed by atoms with Crippen LogP contribution in [0.25, 0.3) is 0 Å². The summed E-state index contributed by atoms with van der Waals surface area (Å²) in [5, 5.41) is 0. The van der Waals surface area contributed by atoms with E-state index in [2.05, 4.69) is 6.58 Å². The number of rotatable bonds is 6. The average Bonchev–Trinajstić information content (AvgIpc) is 2.33. The molecule has 0 heterocycles. The van der Waals surface area contributed by atoms with Gasteiger partial charge in [0.1, 0.15) is 5.76 Å². The number of carbonyl (C=O) groups excluding carboxylic acids is 1. The largest absolute Gasteiger partial charge is 0.494 e. The standard InChI is InChI=1S/C14H20O4/c1-5-16-11-8-7-9-12(13(11)17-6-2)18-14(15)10(3)4/h9H,3,5-8H2,1-2,4H3. The van der Waals surface area contributed by atoms with Crippen molar-refractivity contribution in [1.82, 2.24) is 0 Å². The van der Waals surface area contributed by atoms with Crippen LogP contribution in [0.15, 0.2) is 35.5 Å². The Balaban J connectivity index is 2.90. The van der Waals surface area contributed by atoms with Crippen molar-refractivity contribution >= 4 is 5.97 Å². The molecule has 18 heavy (non-hydrogen) atoms. The van der Waals surface area contributed by atoms with Crippen molar-refractivity contribution in [3.05, 3.63) is 35.5 Å². The molecule has 4 heteroatoms. The summed E-state index contributed by atoms with van der Waals surface area (Å²) in [4.78, 5) is 11.5. The molecule has 1 aliphatic carbocycles. The molecule has 0 aromatic carbocycles. The molecule has 0 aromatic heterocycles. The van der Waals surface area contributed by atoms with Crippen LogP contribution in [-0.4, -0.2) is 19.2 Å². The molecule has 0 bridgehead atoms. The summed E-state index contributed by atoms with van der Waals surface area (Å²) in [6, 6.07) is 0. The Morgan fingerprint density at radius 3 is 2.56 bits per heavy atom. The zero-order chi connectivity index (χ0) is 13.5. The van der Waals surface area contributed by atoms with Crippen LogP contribution < -0.4 is 0 Å². The van der Waals surface area contributed by atoms with E-state index in [0.717, 1.165) is 18.6 Å². The average molecular weight is 252 g/mol. The van der Waals surface area contributed by atoms with Gasteiger partial charge in [0.25, 0.3) is 0 Å². The van der Waals surface area contributed by atoms with Gasteiger partial charge in [-0.3, -0.25) is 0 Å². The fourth-order valence-corrected chi connectivity index (χ4v) is 1.56. The normalized spacial score (nSPS) is 14.9. The van der Waals surface area contributed by atoms with Gasteiger partial charge in [-0.15, -0.1) is 0 Å². The van der Waals surface area contributed by atoms with Gasteiger partial charge in [-0.1, -0.05) is 6.58 Å². The van der Waals surface area contributed by atoms with Crippen molar-refractivity contribution in [2.45, 2.75) is 33.6 Å². The van der Waals surface area contributed by atoms with Crippen molar-refractivity contribution in [2.75, 3.05) is 13.2 Å². The highest BCUT2D eigenvalue weighted by Gasteiger charge is 2.22. The van der Waals surface area contributed by atoms with Gasteiger partial charge in [-0.2, -0.15) is 0 Å². The predicted molar refractivity (Wildman–Crippen MR) is 68.5 cm³/mol. The summed E-state index contributed by atoms with van der Waals surface area (Å²) in [7, 11) is 0. The second kappa shape index (κ2) is 6.89. The number of carbonyl (C=O) groups is 1. The molecule has 4 nitrogen and oxygen atoms in total. The summed E-state index contributed by atoms with van der Waals surface area (Å²) >= 11 is 0. The number of hydrogen-bond donors (Lipinski definition) is 0. The Bertz CT molecular complexity index is 391. The second-order valence-corrected chi connectivity index (χ2v) is 3.90. The number of ether oxygens (including phenoxy) is 3. The Labute approximate surface area is 108 Å². The summed E-state index contributed by atoms with van der Waals surface area (Å²) in [5.74, 6) is 1.25. The lowest BCUT2D eigenvalue weighted by molar-refractivity contribution is -0.135. The van der Waals surface area contributed by atoms with Gasteiger partial charge in [0.2, 0.25) is 0 Å². The van der Waals surface area contributed by atoms with Crippen molar-refractivity contribution in [3.8, 4) is 0 Å². The summed E-state index contributed by atoms with van der Waals surface area (Å²) in [6.45, 7) is 10.0. The molecule has 100 valence electrons. The molecule has 0 saturated heterocycles. The smallest absolute Gasteiger partial charge is 0.338 e. The first-order valence-electron chi connectivity index (χ1n) is 6.17. The minimum atomic E-state index is -0.448. The van der Waals surface area contributed by atoms with Crippen molar-refractivity contribution in [1.29, 1.82) is 0 Å². The van der Waals surface area contributed by atoms with Crippen LogP contribution in [0.5, 0.6) is 0 Å². The lowest BCUT2D eigenvalue weighted by Gasteiger charge is -2.21. The second-order valence-electron chi connectivity index (χ2n) is 3.90. The van der Waals surface area contributed by atoms with Gasteiger partial charge in [0.05, 0.1) is 13.2 Å². The number of esters is 1. The van der Waals surface area contributed by atoms with Gasteiger partial charge in [0, 0.05) is 12.0 Å². The third-order valence-corrected chi connectivity index (χ3v) is 2.34. The SMILES string of the molecule is C=C(C)C(=O)OC1=CCCC(OCC)=C1OCC. The zero-order valence-electron chi connectivity index (χ0n) is 11.2. The fraction of sp³-hybridized carbons (Fsp3) is 0.500. The molecule has 0 aromatic rings. The van der Waals surface area contributed by atoms with Crippen LogP contribution in [0.2, 0.25) is 0 Å². The van der Waals surface area contributed by atoms with E-state index >= 15 is 0 Å². The monoisotopic (exact) mass is 252 g/mol. The number of hydrogen-bond acceptors (Lipinski definition) is 4. The lowest BCUT2D eigenvalue weighted by atomic mass is 10.1. The highest BCUT2D eigenvalue weighted by Crippen LogP contribution is 2.28. The lowest BCUT2D eigenvalue weighted by Crippen LogP contribution is -2.14. The van der Waals surface area contributed by atoms with E-state index in [9.17, 15) is 4.79 Å². The Morgan fingerprint density at radius 2 is 2.00 bits per heavy atom. The van der Waals surface area contributed by atoms with Crippen LogP contribution in [0.3, 0.4) is 0 Å². The van der Waals surface area contributed by atoms with Crippen molar-refractivity contribution in [3.63, 3.8) is 0 Å². The van der Waals surface area contributed by atoms with E-state index in [-0.39, 0.29) is 0 Å². The van der Waals surface area contributed by atoms with Crippen LogP contribution in [0, 0.1) is 0 Å². The highest BCUT2D eigenvalue weighted by molar-refractivity contribution is 5.88. The molecule has 0 fully saturated rings. The van der Waals surface area contributed by atoms with E-state index in [1.54, 1.807) is 6.92 Å². The summed E-state index contributed by atoms with van der Waals surface area (Å²) in [5.41, 5.74) is 0.357. The topological polar surface area (TPSA) is 44.8 Å². The molecule has 0 atom stereocenters. The van der Waals surface area contributed by atoms with Crippen LogP contribution in [0.4, 0.5) is 0 Å². The van der Waals surface area contributed by atoms with E-state index in [1.807, 2.05) is 19.9 Å². The van der Waals surface area contributed by atoms with Crippen LogP contribution in [-0.2, 0) is 19.0 Å². The minimum absolute atomic E-state index is 0.357. The molecule has 1 aliphatic rings. The Kier molecular flexibility index (Phi) is 5.49. The van der Waals surface area contributed by atoms with Crippen molar-refractivity contribution in [2.24, 2.45) is 0 Å². The van der Waals surface area contributed by atoms with E-state index in [4.69, 9.17) is 14.2 Å². The molecule has 0 saturated carbocycles. The molecule has 0 aliphatic heterocycles. The fourth-order valence-electron chi connectivity index (χ4n) is 1.56. The minimum Gasteiger partial charge on any atom is -0.494 e. The quantitative estimate of drug-likeness (QED) is 0.538. The molecule has 0 radical (unpaired) electrons. The molecule has 0 unspecified atom stereocenters. The molecular formula is C14H20O4. The first-order chi connectivity index (χ1) is 8.60. The third kappa shape index (κ3) is 3.65. The van der Waals surface area contributed by atoms with E-state index < -0.39 is 5.97 Å². The van der Waals surface area contributed by atoms with Crippen molar-refractivity contribution < 1.29 is 19.0 Å². The van der Waals surface area contributed by atoms with Gasteiger partial charge in [-0.05, 0) is 33.3 Å². The third-order valence-electron chi connectivity index (χ3n) is 2.34. The molecular weight excluding hydrogens is 232 g/mol. The Morgan fingerprint density at radius 1 is 1.33 bits per heavy atom. The molecule has 0 spiro atoms. The maximum atomic E-state index is 11.5. The summed E-state index contributed by atoms with van der Waals surface area (Å²) < 4.78 is 16.3.